The fraction of sp³-hybridized carbons (Fsp3) is 0.143. The molecule has 0 bridgehead atoms. The van der Waals surface area contributed by atoms with Crippen LogP contribution in [0.5, 0.6) is 0 Å². The van der Waals surface area contributed by atoms with Gasteiger partial charge in [0.05, 0.1) is 0 Å². The second-order valence-electron chi connectivity index (χ2n) is 4.26. The molecule has 1 heterocycles. The van der Waals surface area contributed by atoms with Gasteiger partial charge in [0.2, 0.25) is 0 Å². The summed E-state index contributed by atoms with van der Waals surface area (Å²) in [4.78, 5) is 6.29. The van der Waals surface area contributed by atoms with Crippen molar-refractivity contribution in [3.8, 4) is 0 Å². The van der Waals surface area contributed by atoms with Crippen LogP contribution in [-0.4, -0.2) is 23.1 Å². The monoisotopic (exact) mass is 256 g/mol. The molecular formula is C14H16N4O. The third kappa shape index (κ3) is 2.82. The van der Waals surface area contributed by atoms with E-state index in [0.29, 0.717) is 5.69 Å². The maximum atomic E-state index is 8.67. The second kappa shape index (κ2) is 5.39. The van der Waals surface area contributed by atoms with Crippen LogP contribution < -0.4 is 10.6 Å². The van der Waals surface area contributed by atoms with Gasteiger partial charge >= 0.3 is 0 Å². The summed E-state index contributed by atoms with van der Waals surface area (Å²) in [6.07, 6.45) is 0. The maximum absolute atomic E-state index is 8.67. The molecule has 5 nitrogen and oxygen atoms in total. The number of aromatic nitrogens is 1. The lowest BCUT2D eigenvalue weighted by atomic mass is 10.2. The molecule has 0 aliphatic rings. The van der Waals surface area contributed by atoms with Crippen LogP contribution in [0.4, 0.5) is 11.5 Å². The lowest BCUT2D eigenvalue weighted by Crippen LogP contribution is -2.18. The first kappa shape index (κ1) is 12.9. The first-order chi connectivity index (χ1) is 9.11. The summed E-state index contributed by atoms with van der Waals surface area (Å²) in [6.45, 7) is 2.04. The highest BCUT2D eigenvalue weighted by Crippen LogP contribution is 2.21. The Morgan fingerprint density at radius 1 is 1.21 bits per heavy atom. The predicted octanol–water partition coefficient (Wildman–Crippen LogP) is 2.25. The normalized spacial score (nSPS) is 11.4. The molecule has 0 fully saturated rings. The van der Waals surface area contributed by atoms with Gasteiger partial charge in [-0.05, 0) is 31.2 Å². The molecule has 98 valence electrons. The number of oxime groups is 1. The number of nitrogens with two attached hydrogens (primary N) is 1. The van der Waals surface area contributed by atoms with Crippen molar-refractivity contribution in [1.82, 2.24) is 4.98 Å². The second-order valence-corrected chi connectivity index (χ2v) is 4.26. The number of nitrogens with zero attached hydrogens (tertiary/aromatic N) is 3. The van der Waals surface area contributed by atoms with Gasteiger partial charge in [-0.1, -0.05) is 28.9 Å². The number of hydrogen-bond donors (Lipinski definition) is 2. The van der Waals surface area contributed by atoms with Crippen LogP contribution in [0.1, 0.15) is 11.3 Å². The van der Waals surface area contributed by atoms with E-state index in [-0.39, 0.29) is 5.84 Å². The van der Waals surface area contributed by atoms with Crippen molar-refractivity contribution in [1.29, 1.82) is 0 Å². The van der Waals surface area contributed by atoms with Gasteiger partial charge in [0, 0.05) is 12.7 Å². The maximum Gasteiger partial charge on any atom is 0.188 e. The molecule has 0 aliphatic carbocycles. The van der Waals surface area contributed by atoms with Crippen molar-refractivity contribution in [3.63, 3.8) is 0 Å². The van der Waals surface area contributed by atoms with E-state index in [1.165, 1.54) is 5.56 Å². The van der Waals surface area contributed by atoms with Crippen molar-refractivity contribution in [2.75, 3.05) is 11.9 Å². The SMILES string of the molecule is Cc1ccc(N(C)c2cccc(C(N)=NO)n2)cc1. The van der Waals surface area contributed by atoms with E-state index in [2.05, 4.69) is 10.1 Å². The van der Waals surface area contributed by atoms with E-state index in [0.717, 1.165) is 11.5 Å². The predicted molar refractivity (Wildman–Crippen MR) is 76.0 cm³/mol. The van der Waals surface area contributed by atoms with Crippen molar-refractivity contribution in [3.05, 3.63) is 53.7 Å². The van der Waals surface area contributed by atoms with Gasteiger partial charge in [0.15, 0.2) is 5.84 Å². The van der Waals surface area contributed by atoms with Crippen LogP contribution >= 0.6 is 0 Å². The molecule has 0 amide bonds. The van der Waals surface area contributed by atoms with Gasteiger partial charge in [-0.15, -0.1) is 0 Å². The number of anilines is 2. The van der Waals surface area contributed by atoms with Crippen LogP contribution in [-0.2, 0) is 0 Å². The summed E-state index contributed by atoms with van der Waals surface area (Å²) in [6, 6.07) is 13.5. The Bertz CT molecular complexity index is 593. The van der Waals surface area contributed by atoms with Crippen LogP contribution in [0.15, 0.2) is 47.6 Å². The zero-order valence-electron chi connectivity index (χ0n) is 10.9. The molecule has 0 aliphatic heterocycles. The highest BCUT2D eigenvalue weighted by Gasteiger charge is 2.07. The number of amidine groups is 1. The number of benzene rings is 1. The van der Waals surface area contributed by atoms with Crippen molar-refractivity contribution in [2.45, 2.75) is 6.92 Å². The van der Waals surface area contributed by atoms with Gasteiger partial charge in [-0.3, -0.25) is 0 Å². The van der Waals surface area contributed by atoms with Crippen molar-refractivity contribution in [2.24, 2.45) is 10.9 Å². The Kier molecular flexibility index (Phi) is 3.66. The molecule has 1 aromatic carbocycles. The Balaban J connectivity index is 2.33. The van der Waals surface area contributed by atoms with E-state index in [9.17, 15) is 0 Å². The highest BCUT2D eigenvalue weighted by molar-refractivity contribution is 5.95. The first-order valence-corrected chi connectivity index (χ1v) is 5.87. The Hall–Kier alpha value is -2.56. The Labute approximate surface area is 112 Å². The molecule has 3 N–H and O–H groups in total. The van der Waals surface area contributed by atoms with E-state index in [4.69, 9.17) is 10.9 Å². The average molecular weight is 256 g/mol. The van der Waals surface area contributed by atoms with E-state index in [1.807, 2.05) is 55.3 Å². The lowest BCUT2D eigenvalue weighted by molar-refractivity contribution is 0.318. The standard InChI is InChI=1S/C14H16N4O/c1-10-6-8-11(9-7-10)18(2)13-5-3-4-12(16-13)14(15)17-19/h3-9,19H,1-2H3,(H2,15,17). The third-order valence-corrected chi connectivity index (χ3v) is 2.87. The van der Waals surface area contributed by atoms with Gasteiger partial charge in [-0.25, -0.2) is 4.98 Å². The van der Waals surface area contributed by atoms with Gasteiger partial charge < -0.3 is 15.8 Å². The average Bonchev–Trinajstić information content (AvgIpc) is 2.46. The van der Waals surface area contributed by atoms with E-state index < -0.39 is 0 Å². The molecule has 19 heavy (non-hydrogen) atoms. The molecule has 0 radical (unpaired) electrons. The molecule has 0 saturated carbocycles. The minimum atomic E-state index is -0.000781. The molecule has 2 rings (SSSR count). The minimum absolute atomic E-state index is 0.000781. The third-order valence-electron chi connectivity index (χ3n) is 2.87. The van der Waals surface area contributed by atoms with E-state index >= 15 is 0 Å². The van der Waals surface area contributed by atoms with Crippen molar-refractivity contribution >= 4 is 17.3 Å². The number of hydrogen-bond acceptors (Lipinski definition) is 4. The number of pyridine rings is 1. The molecule has 2 aromatic rings. The fourth-order valence-corrected chi connectivity index (χ4v) is 1.70. The molecular weight excluding hydrogens is 240 g/mol. The largest absolute Gasteiger partial charge is 0.409 e. The quantitative estimate of drug-likeness (QED) is 0.382. The van der Waals surface area contributed by atoms with Crippen molar-refractivity contribution < 1.29 is 5.21 Å². The van der Waals surface area contributed by atoms with Gasteiger partial charge in [-0.2, -0.15) is 0 Å². The Morgan fingerprint density at radius 2 is 1.89 bits per heavy atom. The summed E-state index contributed by atoms with van der Waals surface area (Å²) in [5.41, 5.74) is 8.21. The zero-order valence-corrected chi connectivity index (χ0v) is 10.9. The molecule has 1 aromatic heterocycles. The smallest absolute Gasteiger partial charge is 0.188 e. The summed E-state index contributed by atoms with van der Waals surface area (Å²) in [5, 5.41) is 11.6. The molecule has 0 atom stereocenters. The first-order valence-electron chi connectivity index (χ1n) is 5.87. The molecule has 5 heteroatoms. The molecule has 0 saturated heterocycles. The summed E-state index contributed by atoms with van der Waals surface area (Å²) in [5.74, 6) is 0.729. The summed E-state index contributed by atoms with van der Waals surface area (Å²) in [7, 11) is 1.92. The minimum Gasteiger partial charge on any atom is -0.409 e. The molecule has 0 spiro atoms. The summed E-state index contributed by atoms with van der Waals surface area (Å²) >= 11 is 0. The van der Waals surface area contributed by atoms with Crippen LogP contribution in [0.3, 0.4) is 0 Å². The van der Waals surface area contributed by atoms with Crippen LogP contribution in [0, 0.1) is 6.92 Å². The highest BCUT2D eigenvalue weighted by atomic mass is 16.4. The van der Waals surface area contributed by atoms with Crippen LogP contribution in [0.2, 0.25) is 0 Å². The van der Waals surface area contributed by atoms with Gasteiger partial charge in [0.1, 0.15) is 11.5 Å². The number of aryl methyl sites for hydroxylation is 1. The zero-order chi connectivity index (χ0) is 13.8. The molecule has 0 unspecified atom stereocenters. The van der Waals surface area contributed by atoms with E-state index in [1.54, 1.807) is 6.07 Å². The fourth-order valence-electron chi connectivity index (χ4n) is 1.70. The summed E-state index contributed by atoms with van der Waals surface area (Å²) < 4.78 is 0. The Morgan fingerprint density at radius 3 is 2.53 bits per heavy atom. The lowest BCUT2D eigenvalue weighted by Gasteiger charge is -2.19. The number of rotatable bonds is 3. The van der Waals surface area contributed by atoms with Crippen LogP contribution in [0.25, 0.3) is 0 Å². The van der Waals surface area contributed by atoms with Gasteiger partial charge in [0.25, 0.3) is 0 Å². The topological polar surface area (TPSA) is 74.7 Å².